The second-order valence-electron chi connectivity index (χ2n) is 6.62. The van der Waals surface area contributed by atoms with Gasteiger partial charge < -0.3 is 14.8 Å². The standard InChI is InChI=1S/C22H24N2O5S/c1-28-20-12-5-6-13-21(20)29-15-14-23-22(25)16-24(30(2,26)27)19-11-7-9-17-8-3-4-10-18(17)19/h3-13H,14-16H2,1-2H3,(H,23,25). The molecule has 0 aliphatic carbocycles. The monoisotopic (exact) mass is 428 g/mol. The first-order valence-electron chi connectivity index (χ1n) is 9.38. The second kappa shape index (κ2) is 9.49. The molecule has 3 rings (SSSR count). The number of rotatable bonds is 9. The molecule has 1 N–H and O–H groups in total. The Morgan fingerprint density at radius 3 is 2.37 bits per heavy atom. The van der Waals surface area contributed by atoms with Gasteiger partial charge in [0.2, 0.25) is 15.9 Å². The number of carbonyl (C=O) groups is 1. The van der Waals surface area contributed by atoms with E-state index < -0.39 is 15.9 Å². The van der Waals surface area contributed by atoms with E-state index in [1.165, 1.54) is 0 Å². The number of carbonyl (C=O) groups excluding carboxylic acids is 1. The Labute approximate surface area is 176 Å². The molecule has 0 radical (unpaired) electrons. The lowest BCUT2D eigenvalue weighted by molar-refractivity contribution is -0.119. The van der Waals surface area contributed by atoms with Gasteiger partial charge in [-0.3, -0.25) is 9.10 Å². The number of para-hydroxylation sites is 2. The van der Waals surface area contributed by atoms with Gasteiger partial charge in [0.1, 0.15) is 13.2 Å². The minimum atomic E-state index is -3.66. The molecular formula is C22H24N2O5S. The summed E-state index contributed by atoms with van der Waals surface area (Å²) < 4.78 is 36.8. The van der Waals surface area contributed by atoms with E-state index in [0.717, 1.165) is 21.3 Å². The van der Waals surface area contributed by atoms with Gasteiger partial charge in [-0.25, -0.2) is 8.42 Å². The van der Waals surface area contributed by atoms with Crippen LogP contribution in [0.15, 0.2) is 66.7 Å². The van der Waals surface area contributed by atoms with Gasteiger partial charge in [-0.05, 0) is 23.6 Å². The van der Waals surface area contributed by atoms with Crippen molar-refractivity contribution < 1.29 is 22.7 Å². The summed E-state index contributed by atoms with van der Waals surface area (Å²) in [6.45, 7) is 0.130. The van der Waals surface area contributed by atoms with Crippen LogP contribution in [0.5, 0.6) is 11.5 Å². The molecule has 3 aromatic rings. The summed E-state index contributed by atoms with van der Waals surface area (Å²) in [5.41, 5.74) is 0.469. The van der Waals surface area contributed by atoms with Crippen LogP contribution in [0, 0.1) is 0 Å². The first-order chi connectivity index (χ1) is 14.4. The first-order valence-corrected chi connectivity index (χ1v) is 11.2. The average Bonchev–Trinajstić information content (AvgIpc) is 2.74. The third-order valence-corrected chi connectivity index (χ3v) is 5.60. The fourth-order valence-electron chi connectivity index (χ4n) is 3.08. The Kier molecular flexibility index (Phi) is 6.79. The highest BCUT2D eigenvalue weighted by molar-refractivity contribution is 7.92. The number of methoxy groups -OCH3 is 1. The smallest absolute Gasteiger partial charge is 0.240 e. The Hall–Kier alpha value is -3.26. The number of ether oxygens (including phenoxy) is 2. The van der Waals surface area contributed by atoms with E-state index in [2.05, 4.69) is 5.32 Å². The highest BCUT2D eigenvalue weighted by Gasteiger charge is 2.22. The van der Waals surface area contributed by atoms with Crippen molar-refractivity contribution in [1.82, 2.24) is 5.32 Å². The Balaban J connectivity index is 1.65. The normalized spacial score (nSPS) is 11.1. The van der Waals surface area contributed by atoms with E-state index in [0.29, 0.717) is 17.2 Å². The van der Waals surface area contributed by atoms with E-state index in [1.54, 1.807) is 31.4 Å². The maximum absolute atomic E-state index is 12.4. The summed E-state index contributed by atoms with van der Waals surface area (Å²) in [5.74, 6) is 0.753. The number of hydrogen-bond acceptors (Lipinski definition) is 5. The molecule has 0 bridgehead atoms. The lowest BCUT2D eigenvalue weighted by Crippen LogP contribution is -2.41. The van der Waals surface area contributed by atoms with Crippen molar-refractivity contribution in [2.24, 2.45) is 0 Å². The largest absolute Gasteiger partial charge is 0.493 e. The van der Waals surface area contributed by atoms with Crippen molar-refractivity contribution in [1.29, 1.82) is 0 Å². The summed E-state index contributed by atoms with van der Waals surface area (Å²) >= 11 is 0. The van der Waals surface area contributed by atoms with E-state index in [9.17, 15) is 13.2 Å². The molecule has 1 amide bonds. The molecule has 0 atom stereocenters. The van der Waals surface area contributed by atoms with Crippen LogP contribution in [-0.4, -0.2) is 47.4 Å². The van der Waals surface area contributed by atoms with Crippen LogP contribution in [0.3, 0.4) is 0 Å². The van der Waals surface area contributed by atoms with Gasteiger partial charge in [-0.2, -0.15) is 0 Å². The molecule has 0 saturated heterocycles. The number of fused-ring (bicyclic) bond motifs is 1. The summed E-state index contributed by atoms with van der Waals surface area (Å²) in [6.07, 6.45) is 1.09. The highest BCUT2D eigenvalue weighted by Crippen LogP contribution is 2.28. The zero-order valence-electron chi connectivity index (χ0n) is 16.9. The van der Waals surface area contributed by atoms with Crippen molar-refractivity contribution in [2.75, 3.05) is 37.4 Å². The lowest BCUT2D eigenvalue weighted by atomic mass is 10.1. The number of nitrogens with zero attached hydrogens (tertiary/aromatic N) is 1. The van der Waals surface area contributed by atoms with Gasteiger partial charge in [-0.15, -0.1) is 0 Å². The van der Waals surface area contributed by atoms with E-state index in [1.807, 2.05) is 42.5 Å². The number of anilines is 1. The molecule has 30 heavy (non-hydrogen) atoms. The predicted octanol–water partition coefficient (Wildman–Crippen LogP) is 2.81. The molecule has 0 aliphatic heterocycles. The Morgan fingerprint density at radius 2 is 1.63 bits per heavy atom. The quantitative estimate of drug-likeness (QED) is 0.530. The summed E-state index contributed by atoms with van der Waals surface area (Å²) in [6, 6.07) is 20.0. The summed E-state index contributed by atoms with van der Waals surface area (Å²) in [5, 5.41) is 4.36. The zero-order chi connectivity index (χ0) is 21.6. The molecule has 0 fully saturated rings. The Morgan fingerprint density at radius 1 is 0.967 bits per heavy atom. The molecule has 0 spiro atoms. The van der Waals surface area contributed by atoms with Crippen LogP contribution in [0.1, 0.15) is 0 Å². The van der Waals surface area contributed by atoms with Crippen LogP contribution < -0.4 is 19.1 Å². The maximum atomic E-state index is 12.4. The van der Waals surface area contributed by atoms with E-state index >= 15 is 0 Å². The van der Waals surface area contributed by atoms with Crippen LogP contribution in [-0.2, 0) is 14.8 Å². The SMILES string of the molecule is COc1ccccc1OCCNC(=O)CN(c1cccc2ccccc12)S(C)(=O)=O. The van der Waals surface area contributed by atoms with Crippen molar-refractivity contribution in [3.05, 3.63) is 66.7 Å². The highest BCUT2D eigenvalue weighted by atomic mass is 32.2. The fourth-order valence-corrected chi connectivity index (χ4v) is 3.95. The van der Waals surface area contributed by atoms with E-state index in [4.69, 9.17) is 9.47 Å². The zero-order valence-corrected chi connectivity index (χ0v) is 17.7. The first kappa shape index (κ1) is 21.4. The van der Waals surface area contributed by atoms with Gasteiger partial charge in [0.15, 0.2) is 11.5 Å². The molecular weight excluding hydrogens is 404 g/mol. The van der Waals surface area contributed by atoms with Crippen LogP contribution in [0.4, 0.5) is 5.69 Å². The number of amides is 1. The molecule has 158 valence electrons. The van der Waals surface area contributed by atoms with Crippen molar-refractivity contribution in [3.8, 4) is 11.5 Å². The molecule has 0 heterocycles. The molecule has 3 aromatic carbocycles. The van der Waals surface area contributed by atoms with E-state index in [-0.39, 0.29) is 19.7 Å². The molecule has 0 aromatic heterocycles. The third-order valence-electron chi connectivity index (χ3n) is 4.47. The number of benzene rings is 3. The lowest BCUT2D eigenvalue weighted by Gasteiger charge is -2.23. The molecule has 0 saturated carbocycles. The number of hydrogen-bond donors (Lipinski definition) is 1. The van der Waals surface area contributed by atoms with Crippen molar-refractivity contribution >= 4 is 32.4 Å². The summed E-state index contributed by atoms with van der Waals surface area (Å²) in [7, 11) is -2.11. The molecule has 8 heteroatoms. The minimum Gasteiger partial charge on any atom is -0.493 e. The van der Waals surface area contributed by atoms with Crippen LogP contribution >= 0.6 is 0 Å². The van der Waals surface area contributed by atoms with Gasteiger partial charge in [0.25, 0.3) is 0 Å². The minimum absolute atomic E-state index is 0.221. The van der Waals surface area contributed by atoms with Gasteiger partial charge >= 0.3 is 0 Å². The predicted molar refractivity (Wildman–Crippen MR) is 118 cm³/mol. The summed E-state index contributed by atoms with van der Waals surface area (Å²) in [4.78, 5) is 12.4. The van der Waals surface area contributed by atoms with Crippen LogP contribution in [0.2, 0.25) is 0 Å². The molecule has 0 unspecified atom stereocenters. The maximum Gasteiger partial charge on any atom is 0.240 e. The number of sulfonamides is 1. The fraction of sp³-hybridized carbons (Fsp3) is 0.227. The average molecular weight is 429 g/mol. The third kappa shape index (κ3) is 5.21. The Bertz CT molecular complexity index is 1130. The second-order valence-corrected chi connectivity index (χ2v) is 8.52. The van der Waals surface area contributed by atoms with Crippen molar-refractivity contribution in [3.63, 3.8) is 0 Å². The molecule has 7 nitrogen and oxygen atoms in total. The van der Waals surface area contributed by atoms with Gasteiger partial charge in [-0.1, -0.05) is 48.5 Å². The van der Waals surface area contributed by atoms with Crippen molar-refractivity contribution in [2.45, 2.75) is 0 Å². The molecule has 0 aliphatic rings. The topological polar surface area (TPSA) is 84.9 Å². The number of nitrogens with one attached hydrogen (secondary N) is 1. The van der Waals surface area contributed by atoms with Crippen LogP contribution in [0.25, 0.3) is 10.8 Å². The van der Waals surface area contributed by atoms with Gasteiger partial charge in [0.05, 0.1) is 25.6 Å². The van der Waals surface area contributed by atoms with Gasteiger partial charge in [0, 0.05) is 5.39 Å².